The Hall–Kier alpha value is -1.30. The summed E-state index contributed by atoms with van der Waals surface area (Å²) in [5, 5.41) is 11.2. The second-order valence-corrected chi connectivity index (χ2v) is 3.16. The summed E-state index contributed by atoms with van der Waals surface area (Å²) in [6.07, 6.45) is 0. The Morgan fingerprint density at radius 1 is 1.57 bits per heavy atom. The Morgan fingerprint density at radius 3 is 2.71 bits per heavy atom. The van der Waals surface area contributed by atoms with Crippen LogP contribution in [-0.4, -0.2) is 55.4 Å². The smallest absolute Gasteiger partial charge is 0.317 e. The van der Waals surface area contributed by atoms with Gasteiger partial charge in [0.2, 0.25) is 0 Å². The molecular weight excluding hydrogens is 188 g/mol. The second-order valence-electron chi connectivity index (χ2n) is 3.16. The minimum Gasteiger partial charge on any atom is -0.481 e. The van der Waals surface area contributed by atoms with Crippen molar-refractivity contribution in [2.24, 2.45) is 5.92 Å². The van der Waals surface area contributed by atoms with Crippen molar-refractivity contribution in [3.63, 3.8) is 0 Å². The van der Waals surface area contributed by atoms with Gasteiger partial charge in [-0.2, -0.15) is 0 Å². The first-order valence-corrected chi connectivity index (χ1v) is 4.39. The lowest BCUT2D eigenvalue weighted by molar-refractivity contribution is -0.146. The van der Waals surface area contributed by atoms with Crippen molar-refractivity contribution >= 4 is 12.0 Å². The summed E-state index contributed by atoms with van der Waals surface area (Å²) >= 11 is 0. The number of carbonyl (C=O) groups excluding carboxylic acids is 1. The van der Waals surface area contributed by atoms with Crippen LogP contribution in [0.25, 0.3) is 0 Å². The molecule has 6 heteroatoms. The molecule has 0 unspecified atom stereocenters. The first-order chi connectivity index (χ1) is 6.65. The number of aliphatic carboxylic acids is 1. The Kier molecular flexibility index (Phi) is 3.70. The molecule has 2 N–H and O–H groups in total. The lowest BCUT2D eigenvalue weighted by Crippen LogP contribution is -2.56. The third kappa shape index (κ3) is 2.59. The molecule has 6 nitrogen and oxygen atoms in total. The van der Waals surface area contributed by atoms with Crippen LogP contribution in [0.2, 0.25) is 0 Å². The van der Waals surface area contributed by atoms with Gasteiger partial charge in [0.15, 0.2) is 0 Å². The molecule has 0 atom stereocenters. The number of ether oxygens (including phenoxy) is 1. The molecule has 14 heavy (non-hydrogen) atoms. The number of hydrogen-bond donors (Lipinski definition) is 2. The molecule has 1 heterocycles. The van der Waals surface area contributed by atoms with Gasteiger partial charge in [-0.1, -0.05) is 0 Å². The summed E-state index contributed by atoms with van der Waals surface area (Å²) in [6.45, 7) is 1.51. The summed E-state index contributed by atoms with van der Waals surface area (Å²) in [6, 6.07) is -0.223. The van der Waals surface area contributed by atoms with E-state index in [0.717, 1.165) is 0 Å². The van der Waals surface area contributed by atoms with Crippen LogP contribution in [0.3, 0.4) is 0 Å². The van der Waals surface area contributed by atoms with Gasteiger partial charge < -0.3 is 20.1 Å². The fourth-order valence-corrected chi connectivity index (χ4v) is 1.17. The summed E-state index contributed by atoms with van der Waals surface area (Å²) in [7, 11) is 1.55. The number of methoxy groups -OCH3 is 1. The predicted molar refractivity (Wildman–Crippen MR) is 48.0 cm³/mol. The molecule has 1 aliphatic rings. The van der Waals surface area contributed by atoms with Crippen LogP contribution >= 0.6 is 0 Å². The number of carbonyl (C=O) groups is 2. The zero-order chi connectivity index (χ0) is 10.6. The lowest BCUT2D eigenvalue weighted by atomic mass is 10.0. The number of urea groups is 1. The number of nitrogens with zero attached hydrogens (tertiary/aromatic N) is 1. The molecule has 80 valence electrons. The molecule has 1 saturated heterocycles. The number of carboxylic acids is 1. The highest BCUT2D eigenvalue weighted by molar-refractivity contribution is 5.79. The number of carboxylic acid groups (broad SMARTS) is 1. The quantitative estimate of drug-likeness (QED) is 0.594. The summed E-state index contributed by atoms with van der Waals surface area (Å²) in [4.78, 5) is 23.1. The van der Waals surface area contributed by atoms with Crippen molar-refractivity contribution in [3.05, 3.63) is 0 Å². The largest absolute Gasteiger partial charge is 0.481 e. The first kappa shape index (κ1) is 10.8. The van der Waals surface area contributed by atoms with Gasteiger partial charge >= 0.3 is 12.0 Å². The minimum atomic E-state index is -0.842. The zero-order valence-corrected chi connectivity index (χ0v) is 8.02. The van der Waals surface area contributed by atoms with E-state index in [4.69, 9.17) is 9.84 Å². The van der Waals surface area contributed by atoms with Crippen molar-refractivity contribution in [1.82, 2.24) is 10.2 Å². The third-order valence-corrected chi connectivity index (χ3v) is 2.10. The van der Waals surface area contributed by atoms with Crippen LogP contribution in [0, 0.1) is 5.92 Å². The predicted octanol–water partition coefficient (Wildman–Crippen LogP) is -0.641. The molecular formula is C8H14N2O4. The van der Waals surface area contributed by atoms with Gasteiger partial charge in [-0.25, -0.2) is 4.79 Å². The highest BCUT2D eigenvalue weighted by Crippen LogP contribution is 2.14. The molecule has 0 saturated carbocycles. The molecule has 1 aliphatic heterocycles. The van der Waals surface area contributed by atoms with Crippen LogP contribution in [0.5, 0.6) is 0 Å². The van der Waals surface area contributed by atoms with Crippen molar-refractivity contribution in [1.29, 1.82) is 0 Å². The van der Waals surface area contributed by atoms with Crippen molar-refractivity contribution in [3.8, 4) is 0 Å². The van der Waals surface area contributed by atoms with Gasteiger partial charge in [-0.05, 0) is 0 Å². The minimum absolute atomic E-state index is 0.223. The first-order valence-electron chi connectivity index (χ1n) is 4.39. The molecule has 1 rings (SSSR count). The van der Waals surface area contributed by atoms with E-state index < -0.39 is 11.9 Å². The van der Waals surface area contributed by atoms with Gasteiger partial charge in [0, 0.05) is 26.7 Å². The molecule has 1 fully saturated rings. The Labute approximate surface area is 81.8 Å². The maximum absolute atomic E-state index is 11.2. The summed E-state index contributed by atoms with van der Waals surface area (Å²) in [5.74, 6) is -1.24. The van der Waals surface area contributed by atoms with Gasteiger partial charge in [0.05, 0.1) is 12.5 Å². The van der Waals surface area contributed by atoms with E-state index in [-0.39, 0.29) is 6.03 Å². The van der Waals surface area contributed by atoms with E-state index in [1.54, 1.807) is 7.11 Å². The van der Waals surface area contributed by atoms with E-state index in [1.165, 1.54) is 4.90 Å². The van der Waals surface area contributed by atoms with Crippen molar-refractivity contribution in [2.45, 2.75) is 0 Å². The van der Waals surface area contributed by atoms with E-state index in [0.29, 0.717) is 26.2 Å². The second kappa shape index (κ2) is 4.80. The monoisotopic (exact) mass is 202 g/mol. The standard InChI is InChI=1S/C8H14N2O4/c1-14-3-2-9-8(13)10-4-6(5-10)7(11)12/h6H,2-5H2,1H3,(H,9,13)(H,11,12). The van der Waals surface area contributed by atoms with Crippen molar-refractivity contribution in [2.75, 3.05) is 33.4 Å². The highest BCUT2D eigenvalue weighted by Gasteiger charge is 2.35. The number of hydrogen-bond acceptors (Lipinski definition) is 3. The maximum atomic E-state index is 11.2. The number of likely N-dealkylation sites (tertiary alicyclic amines) is 1. The van der Waals surface area contributed by atoms with E-state index in [9.17, 15) is 9.59 Å². The molecule has 2 amide bonds. The van der Waals surface area contributed by atoms with Crippen LogP contribution in [0.4, 0.5) is 4.79 Å². The third-order valence-electron chi connectivity index (χ3n) is 2.10. The van der Waals surface area contributed by atoms with Crippen molar-refractivity contribution < 1.29 is 19.4 Å². The van der Waals surface area contributed by atoms with Crippen LogP contribution in [0.15, 0.2) is 0 Å². The topological polar surface area (TPSA) is 78.9 Å². The average Bonchev–Trinajstić information content (AvgIpc) is 2.01. The van der Waals surface area contributed by atoms with Gasteiger partial charge in [-0.15, -0.1) is 0 Å². The normalized spacial score (nSPS) is 16.2. The molecule has 0 spiro atoms. The molecule has 0 aromatic carbocycles. The number of nitrogens with one attached hydrogen (secondary N) is 1. The van der Waals surface area contributed by atoms with E-state index in [2.05, 4.69) is 5.32 Å². The molecule has 0 aromatic heterocycles. The fourth-order valence-electron chi connectivity index (χ4n) is 1.17. The van der Waals surface area contributed by atoms with Crippen LogP contribution in [-0.2, 0) is 9.53 Å². The summed E-state index contributed by atoms with van der Waals surface area (Å²) in [5.41, 5.74) is 0. The van der Waals surface area contributed by atoms with E-state index in [1.807, 2.05) is 0 Å². The highest BCUT2D eigenvalue weighted by atomic mass is 16.5. The van der Waals surface area contributed by atoms with Crippen LogP contribution in [0.1, 0.15) is 0 Å². The summed E-state index contributed by atoms with van der Waals surface area (Å²) < 4.78 is 4.76. The molecule has 0 aliphatic carbocycles. The fraction of sp³-hybridized carbons (Fsp3) is 0.750. The molecule has 0 radical (unpaired) electrons. The Balaban J connectivity index is 2.13. The number of amides is 2. The SMILES string of the molecule is COCCNC(=O)N1CC(C(=O)O)C1. The average molecular weight is 202 g/mol. The maximum Gasteiger partial charge on any atom is 0.317 e. The molecule has 0 aromatic rings. The molecule has 0 bridgehead atoms. The Morgan fingerprint density at radius 2 is 2.21 bits per heavy atom. The lowest BCUT2D eigenvalue weighted by Gasteiger charge is -2.36. The Bertz CT molecular complexity index is 225. The van der Waals surface area contributed by atoms with E-state index >= 15 is 0 Å². The number of rotatable bonds is 4. The van der Waals surface area contributed by atoms with Gasteiger partial charge in [0.1, 0.15) is 0 Å². The van der Waals surface area contributed by atoms with Gasteiger partial charge in [0.25, 0.3) is 0 Å². The van der Waals surface area contributed by atoms with Gasteiger partial charge in [-0.3, -0.25) is 4.79 Å². The zero-order valence-electron chi connectivity index (χ0n) is 8.02. The van der Waals surface area contributed by atoms with Crippen LogP contribution < -0.4 is 5.32 Å².